The van der Waals surface area contributed by atoms with E-state index in [0.717, 1.165) is 45.2 Å². The molecule has 3 heteroatoms. The van der Waals surface area contributed by atoms with Gasteiger partial charge in [-0.1, -0.05) is 43.7 Å². The summed E-state index contributed by atoms with van der Waals surface area (Å²) >= 11 is 2.31. The number of hydrogen-bond acceptors (Lipinski definition) is 1. The van der Waals surface area contributed by atoms with Gasteiger partial charge in [0.2, 0.25) is 0 Å². The highest BCUT2D eigenvalue weighted by molar-refractivity contribution is 14.1. The summed E-state index contributed by atoms with van der Waals surface area (Å²) in [5.41, 5.74) is 5.28. The molecule has 1 amide bonds. The Bertz CT molecular complexity index is 764. The average molecular weight is 417 g/mol. The lowest BCUT2D eigenvalue weighted by molar-refractivity contribution is -0.112. The highest BCUT2D eigenvalue weighted by atomic mass is 127. The lowest BCUT2D eigenvalue weighted by Gasteiger charge is -2.12. The Morgan fingerprint density at radius 3 is 2.57 bits per heavy atom. The van der Waals surface area contributed by atoms with Crippen molar-refractivity contribution in [2.45, 2.75) is 26.2 Å². The molecule has 1 aliphatic heterocycles. The Labute approximate surface area is 151 Å². The van der Waals surface area contributed by atoms with Gasteiger partial charge in [-0.2, -0.15) is 0 Å². The number of nitrogens with zero attached hydrogens (tertiary/aromatic N) is 1. The number of fused-ring (bicyclic) bond motifs is 1. The Balaban J connectivity index is 2.23. The first-order valence-corrected chi connectivity index (χ1v) is 9.08. The van der Waals surface area contributed by atoms with Crippen LogP contribution >= 0.6 is 22.6 Å². The first-order valence-electron chi connectivity index (χ1n) is 8.00. The largest absolute Gasteiger partial charge is 0.311 e. The number of carbonyl (C=O) groups is 1. The summed E-state index contributed by atoms with van der Waals surface area (Å²) in [6.45, 7) is 2.19. The van der Waals surface area contributed by atoms with E-state index in [-0.39, 0.29) is 5.91 Å². The molecule has 0 saturated heterocycles. The molecule has 0 unspecified atom stereocenters. The van der Waals surface area contributed by atoms with Crippen molar-refractivity contribution in [3.05, 3.63) is 63.2 Å². The van der Waals surface area contributed by atoms with Gasteiger partial charge in [0.1, 0.15) is 0 Å². The van der Waals surface area contributed by atoms with Crippen LogP contribution < -0.4 is 4.90 Å². The molecule has 2 aromatic carbocycles. The van der Waals surface area contributed by atoms with Crippen LogP contribution in [0, 0.1) is 3.57 Å². The molecule has 23 heavy (non-hydrogen) atoms. The molecule has 118 valence electrons. The van der Waals surface area contributed by atoms with Gasteiger partial charge in [0.05, 0.1) is 11.3 Å². The number of allylic oxidation sites excluding steroid dienone is 1. The molecule has 0 aromatic heterocycles. The summed E-state index contributed by atoms with van der Waals surface area (Å²) in [5.74, 6) is 0.108. The predicted octanol–water partition coefficient (Wildman–Crippen LogP) is 5.37. The van der Waals surface area contributed by atoms with Gasteiger partial charge in [-0.05, 0) is 64.8 Å². The van der Waals surface area contributed by atoms with Crippen LogP contribution in [0.1, 0.15) is 37.3 Å². The van der Waals surface area contributed by atoms with Crippen LogP contribution in [-0.2, 0) is 4.79 Å². The van der Waals surface area contributed by atoms with Gasteiger partial charge in [-0.3, -0.25) is 4.79 Å². The second-order valence-electron chi connectivity index (χ2n) is 5.85. The number of rotatable bonds is 4. The maximum Gasteiger partial charge on any atom is 0.259 e. The van der Waals surface area contributed by atoms with Gasteiger partial charge in [0.25, 0.3) is 5.91 Å². The van der Waals surface area contributed by atoms with Crippen molar-refractivity contribution in [2.24, 2.45) is 0 Å². The number of anilines is 1. The first kappa shape index (κ1) is 16.2. The van der Waals surface area contributed by atoms with Gasteiger partial charge in [-0.15, -0.1) is 0 Å². The second kappa shape index (κ2) is 6.87. The number of benzene rings is 2. The highest BCUT2D eigenvalue weighted by Gasteiger charge is 2.32. The van der Waals surface area contributed by atoms with Crippen molar-refractivity contribution in [1.82, 2.24) is 0 Å². The lowest BCUT2D eigenvalue weighted by Crippen LogP contribution is -2.20. The van der Waals surface area contributed by atoms with E-state index in [4.69, 9.17) is 0 Å². The van der Waals surface area contributed by atoms with E-state index in [9.17, 15) is 4.79 Å². The van der Waals surface area contributed by atoms with E-state index >= 15 is 0 Å². The summed E-state index contributed by atoms with van der Waals surface area (Å²) in [6.07, 6.45) is 3.14. The fourth-order valence-corrected chi connectivity index (χ4v) is 3.58. The van der Waals surface area contributed by atoms with Gasteiger partial charge in [-0.25, -0.2) is 0 Å². The molecule has 2 aromatic rings. The zero-order valence-electron chi connectivity index (χ0n) is 13.5. The van der Waals surface area contributed by atoms with Crippen LogP contribution in [0.5, 0.6) is 0 Å². The number of hydrogen-bond donors (Lipinski definition) is 0. The summed E-state index contributed by atoms with van der Waals surface area (Å²) in [7, 11) is 1.86. The Morgan fingerprint density at radius 2 is 1.87 bits per heavy atom. The van der Waals surface area contributed by atoms with Crippen LogP contribution in [0.2, 0.25) is 0 Å². The monoisotopic (exact) mass is 417 g/mol. The van der Waals surface area contributed by atoms with E-state index in [1.807, 2.05) is 31.3 Å². The van der Waals surface area contributed by atoms with Gasteiger partial charge in [0, 0.05) is 16.2 Å². The molecule has 3 rings (SSSR count). The number of amides is 1. The van der Waals surface area contributed by atoms with E-state index in [0.29, 0.717) is 0 Å². The molecule has 0 N–H and O–H groups in total. The SMILES string of the molecule is CCCC/C(=C1\C(=O)N(C)c2ccc(I)cc21)c1ccccc1. The van der Waals surface area contributed by atoms with E-state index in [1.54, 1.807) is 4.90 Å². The molecule has 0 atom stereocenters. The van der Waals surface area contributed by atoms with Crippen molar-refractivity contribution in [3.8, 4) is 0 Å². The molecule has 0 radical (unpaired) electrons. The minimum absolute atomic E-state index is 0.108. The minimum atomic E-state index is 0.108. The molecular weight excluding hydrogens is 397 g/mol. The van der Waals surface area contributed by atoms with Crippen LogP contribution in [0.4, 0.5) is 5.69 Å². The van der Waals surface area contributed by atoms with Crippen LogP contribution in [0.3, 0.4) is 0 Å². The zero-order chi connectivity index (χ0) is 16.4. The first-order chi connectivity index (χ1) is 11.1. The molecule has 0 bridgehead atoms. The molecule has 1 heterocycles. The smallest absolute Gasteiger partial charge is 0.259 e. The standard InChI is InChI=1S/C20H20INO/c1-3-4-10-16(14-8-6-5-7-9-14)19-17-13-15(21)11-12-18(17)22(2)20(19)23/h5-9,11-13H,3-4,10H2,1-2H3/b19-16+. The normalized spacial score (nSPS) is 15.8. The highest BCUT2D eigenvalue weighted by Crippen LogP contribution is 2.42. The quantitative estimate of drug-likeness (QED) is 0.484. The third kappa shape index (κ3) is 3.07. The molecule has 0 fully saturated rings. The molecule has 0 spiro atoms. The van der Waals surface area contributed by atoms with E-state index in [2.05, 4.69) is 53.8 Å². The van der Waals surface area contributed by atoms with Gasteiger partial charge >= 0.3 is 0 Å². The predicted molar refractivity (Wildman–Crippen MR) is 105 cm³/mol. The van der Waals surface area contributed by atoms with Gasteiger partial charge < -0.3 is 4.90 Å². The summed E-state index contributed by atoms with van der Waals surface area (Å²) in [5, 5.41) is 0. The Kier molecular flexibility index (Phi) is 4.85. The third-order valence-corrected chi connectivity index (χ3v) is 4.98. The number of unbranched alkanes of at least 4 members (excludes halogenated alkanes) is 1. The van der Waals surface area contributed by atoms with Crippen molar-refractivity contribution in [3.63, 3.8) is 0 Å². The van der Waals surface area contributed by atoms with Gasteiger partial charge in [0.15, 0.2) is 0 Å². The Morgan fingerprint density at radius 1 is 1.13 bits per heavy atom. The molecular formula is C20H20INO. The number of carbonyl (C=O) groups excluding carboxylic acids is 1. The fraction of sp³-hybridized carbons (Fsp3) is 0.250. The second-order valence-corrected chi connectivity index (χ2v) is 7.09. The zero-order valence-corrected chi connectivity index (χ0v) is 15.6. The molecule has 2 nitrogen and oxygen atoms in total. The van der Waals surface area contributed by atoms with Crippen molar-refractivity contribution < 1.29 is 4.79 Å². The van der Waals surface area contributed by atoms with E-state index in [1.165, 1.54) is 5.57 Å². The topological polar surface area (TPSA) is 20.3 Å². The summed E-state index contributed by atoms with van der Waals surface area (Å²) in [6, 6.07) is 16.5. The van der Waals surface area contributed by atoms with Crippen molar-refractivity contribution >= 4 is 45.3 Å². The van der Waals surface area contributed by atoms with Crippen LogP contribution in [-0.4, -0.2) is 13.0 Å². The van der Waals surface area contributed by atoms with E-state index < -0.39 is 0 Å². The van der Waals surface area contributed by atoms with Crippen LogP contribution in [0.25, 0.3) is 11.1 Å². The van der Waals surface area contributed by atoms with Crippen molar-refractivity contribution in [2.75, 3.05) is 11.9 Å². The minimum Gasteiger partial charge on any atom is -0.311 e. The third-order valence-electron chi connectivity index (χ3n) is 4.31. The summed E-state index contributed by atoms with van der Waals surface area (Å²) in [4.78, 5) is 14.7. The number of halogens is 1. The number of likely N-dealkylation sites (N-methyl/N-ethyl adjacent to an activating group) is 1. The molecule has 0 saturated carbocycles. The molecule has 1 aliphatic rings. The lowest BCUT2D eigenvalue weighted by atomic mass is 9.92. The summed E-state index contributed by atoms with van der Waals surface area (Å²) < 4.78 is 1.16. The van der Waals surface area contributed by atoms with Crippen LogP contribution in [0.15, 0.2) is 48.5 Å². The Hall–Kier alpha value is -1.62. The maximum absolute atomic E-state index is 12.9. The fourth-order valence-electron chi connectivity index (χ4n) is 3.09. The van der Waals surface area contributed by atoms with Crippen molar-refractivity contribution in [1.29, 1.82) is 0 Å². The maximum atomic E-state index is 12.9. The molecule has 0 aliphatic carbocycles. The average Bonchev–Trinajstić information content (AvgIpc) is 2.81.